The second kappa shape index (κ2) is 3.78. The Labute approximate surface area is 107 Å². The molecule has 3 heterocycles. The minimum absolute atomic E-state index is 0.0136. The van der Waals surface area contributed by atoms with Crippen molar-refractivity contribution in [2.75, 3.05) is 27.2 Å². The highest BCUT2D eigenvalue weighted by molar-refractivity contribution is 6.06. The van der Waals surface area contributed by atoms with Crippen LogP contribution in [0.3, 0.4) is 0 Å². The largest absolute Gasteiger partial charge is 0.370 e. The van der Waals surface area contributed by atoms with Gasteiger partial charge in [-0.15, -0.1) is 0 Å². The molecule has 18 heavy (non-hydrogen) atoms. The molecule has 3 aliphatic rings. The van der Waals surface area contributed by atoms with Crippen molar-refractivity contribution in [2.45, 2.75) is 31.5 Å². The number of fused-ring (bicyclic) bond motifs is 5. The van der Waals surface area contributed by atoms with Crippen LogP contribution in [-0.2, 0) is 14.3 Å². The van der Waals surface area contributed by atoms with Crippen LogP contribution in [0.2, 0.25) is 0 Å². The third-order valence-corrected chi connectivity index (χ3v) is 4.62. The third kappa shape index (κ3) is 1.47. The molecule has 0 aromatic rings. The Morgan fingerprint density at radius 3 is 2.72 bits per heavy atom. The van der Waals surface area contributed by atoms with Crippen molar-refractivity contribution in [3.8, 4) is 0 Å². The van der Waals surface area contributed by atoms with E-state index in [9.17, 15) is 9.59 Å². The summed E-state index contributed by atoms with van der Waals surface area (Å²) in [7, 11) is 3.89. The van der Waals surface area contributed by atoms with E-state index in [-0.39, 0.29) is 29.8 Å². The van der Waals surface area contributed by atoms with Gasteiger partial charge in [-0.1, -0.05) is 0 Å². The Morgan fingerprint density at radius 1 is 1.39 bits per heavy atom. The molecule has 3 aliphatic heterocycles. The second-order valence-corrected chi connectivity index (χ2v) is 6.14. The number of hydrogen-bond acceptors (Lipinski definition) is 4. The molecule has 0 N–H and O–H groups in total. The minimum atomic E-state index is -0.394. The number of ether oxygens (including phenoxy) is 1. The predicted molar refractivity (Wildman–Crippen MR) is 64.8 cm³/mol. The Kier molecular flexibility index (Phi) is 2.54. The highest BCUT2D eigenvalue weighted by Gasteiger charge is 2.67. The molecule has 3 saturated heterocycles. The van der Waals surface area contributed by atoms with Gasteiger partial charge in [0.2, 0.25) is 11.8 Å². The first kappa shape index (κ1) is 12.1. The third-order valence-electron chi connectivity index (χ3n) is 4.62. The number of carbonyl (C=O) groups excluding carboxylic acids is 2. The van der Waals surface area contributed by atoms with E-state index in [2.05, 4.69) is 0 Å². The van der Waals surface area contributed by atoms with E-state index in [1.165, 1.54) is 4.90 Å². The van der Waals surface area contributed by atoms with Crippen molar-refractivity contribution in [3.63, 3.8) is 0 Å². The van der Waals surface area contributed by atoms with Gasteiger partial charge in [0.25, 0.3) is 0 Å². The van der Waals surface area contributed by atoms with E-state index in [0.717, 1.165) is 19.4 Å². The number of amides is 2. The van der Waals surface area contributed by atoms with Crippen LogP contribution < -0.4 is 0 Å². The van der Waals surface area contributed by atoms with Crippen molar-refractivity contribution in [1.82, 2.24) is 9.80 Å². The lowest BCUT2D eigenvalue weighted by Gasteiger charge is -2.26. The number of likely N-dealkylation sites (tertiary alicyclic amines) is 1. The van der Waals surface area contributed by atoms with Crippen molar-refractivity contribution >= 4 is 11.8 Å². The molecule has 0 saturated carbocycles. The van der Waals surface area contributed by atoms with Crippen LogP contribution in [-0.4, -0.2) is 60.5 Å². The van der Waals surface area contributed by atoms with Crippen LogP contribution in [0.4, 0.5) is 0 Å². The van der Waals surface area contributed by atoms with Crippen LogP contribution in [0.15, 0.2) is 0 Å². The van der Waals surface area contributed by atoms with Gasteiger partial charge in [0, 0.05) is 13.1 Å². The van der Waals surface area contributed by atoms with E-state index < -0.39 is 5.60 Å². The molecule has 3 fully saturated rings. The molecule has 0 aromatic carbocycles. The lowest BCUT2D eigenvalue weighted by atomic mass is 9.74. The van der Waals surface area contributed by atoms with E-state index in [1.807, 2.05) is 25.9 Å². The molecule has 100 valence electrons. The van der Waals surface area contributed by atoms with Crippen molar-refractivity contribution in [1.29, 1.82) is 0 Å². The van der Waals surface area contributed by atoms with Gasteiger partial charge in [0.05, 0.1) is 23.5 Å². The maximum Gasteiger partial charge on any atom is 0.236 e. The van der Waals surface area contributed by atoms with Gasteiger partial charge in [-0.3, -0.25) is 14.5 Å². The molecule has 2 amide bonds. The smallest absolute Gasteiger partial charge is 0.236 e. The summed E-state index contributed by atoms with van der Waals surface area (Å²) in [4.78, 5) is 28.2. The summed E-state index contributed by atoms with van der Waals surface area (Å²) in [5.74, 6) is -0.471. The molecule has 4 atom stereocenters. The van der Waals surface area contributed by atoms with E-state index in [1.54, 1.807) is 0 Å². The SMILES string of the molecule is CN(C)CCN1C(=O)C2C3CCC(C)(O3)C2C1=O. The molecule has 5 nitrogen and oxygen atoms in total. The molecule has 4 unspecified atom stereocenters. The second-order valence-electron chi connectivity index (χ2n) is 6.14. The first-order valence-electron chi connectivity index (χ1n) is 6.62. The molecule has 0 radical (unpaired) electrons. The van der Waals surface area contributed by atoms with Crippen LogP contribution in [0.1, 0.15) is 19.8 Å². The maximum absolute atomic E-state index is 12.4. The topological polar surface area (TPSA) is 49.9 Å². The number of rotatable bonds is 3. The van der Waals surface area contributed by atoms with Crippen molar-refractivity contribution in [2.24, 2.45) is 11.8 Å². The zero-order chi connectivity index (χ0) is 13.1. The summed E-state index contributed by atoms with van der Waals surface area (Å²) in [5, 5.41) is 0. The fourth-order valence-electron chi connectivity index (χ4n) is 3.66. The predicted octanol–water partition coefficient (Wildman–Crippen LogP) is 0.100. The Bertz CT molecular complexity index is 409. The number of hydrogen-bond donors (Lipinski definition) is 0. The Hall–Kier alpha value is -0.940. The number of carbonyl (C=O) groups is 2. The minimum Gasteiger partial charge on any atom is -0.370 e. The van der Waals surface area contributed by atoms with Gasteiger partial charge in [0.1, 0.15) is 0 Å². The molecular weight excluding hydrogens is 232 g/mol. The summed E-state index contributed by atoms with van der Waals surface area (Å²) in [5.41, 5.74) is -0.394. The first-order chi connectivity index (χ1) is 8.44. The first-order valence-corrected chi connectivity index (χ1v) is 6.62. The molecule has 5 heteroatoms. The van der Waals surface area contributed by atoms with Gasteiger partial charge in [-0.25, -0.2) is 0 Å². The fourth-order valence-corrected chi connectivity index (χ4v) is 3.66. The monoisotopic (exact) mass is 252 g/mol. The highest BCUT2D eigenvalue weighted by atomic mass is 16.5. The average molecular weight is 252 g/mol. The van der Waals surface area contributed by atoms with E-state index in [4.69, 9.17) is 4.74 Å². The summed E-state index contributed by atoms with van der Waals surface area (Å²) in [6, 6.07) is 0. The summed E-state index contributed by atoms with van der Waals surface area (Å²) in [6.07, 6.45) is 1.79. The molecule has 0 aromatic heterocycles. The maximum atomic E-state index is 12.4. The normalized spacial score (nSPS) is 42.2. The Balaban J connectivity index is 1.82. The summed E-state index contributed by atoms with van der Waals surface area (Å²) < 4.78 is 5.86. The van der Waals surface area contributed by atoms with Crippen LogP contribution in [0.25, 0.3) is 0 Å². The molecule has 2 bridgehead atoms. The molecular formula is C13H20N2O3. The average Bonchev–Trinajstić information content (AvgIpc) is 2.87. The Morgan fingerprint density at radius 2 is 2.11 bits per heavy atom. The highest BCUT2D eigenvalue weighted by Crippen LogP contribution is 2.54. The molecule has 0 spiro atoms. The molecule has 0 aliphatic carbocycles. The fraction of sp³-hybridized carbons (Fsp3) is 0.846. The summed E-state index contributed by atoms with van der Waals surface area (Å²) in [6.45, 7) is 3.21. The quantitative estimate of drug-likeness (QED) is 0.669. The van der Waals surface area contributed by atoms with Crippen LogP contribution in [0, 0.1) is 11.8 Å². The number of imide groups is 1. The lowest BCUT2D eigenvalue weighted by Crippen LogP contribution is -2.41. The standard InChI is InChI=1S/C13H20N2O3/c1-13-5-4-8(18-13)9-10(13)12(17)15(11(9)16)7-6-14(2)3/h8-10H,4-7H2,1-3H3. The van der Waals surface area contributed by atoms with Gasteiger partial charge < -0.3 is 9.64 Å². The lowest BCUT2D eigenvalue weighted by molar-refractivity contribution is -0.144. The molecule has 3 rings (SSSR count). The van der Waals surface area contributed by atoms with Crippen LogP contribution >= 0.6 is 0 Å². The van der Waals surface area contributed by atoms with Gasteiger partial charge in [-0.05, 0) is 33.9 Å². The van der Waals surface area contributed by atoms with Gasteiger partial charge in [-0.2, -0.15) is 0 Å². The van der Waals surface area contributed by atoms with E-state index >= 15 is 0 Å². The number of likely N-dealkylation sites (N-methyl/N-ethyl adjacent to an activating group) is 1. The summed E-state index contributed by atoms with van der Waals surface area (Å²) >= 11 is 0. The number of nitrogens with zero attached hydrogens (tertiary/aromatic N) is 2. The zero-order valence-corrected chi connectivity index (χ0v) is 11.2. The van der Waals surface area contributed by atoms with Crippen molar-refractivity contribution in [3.05, 3.63) is 0 Å². The van der Waals surface area contributed by atoms with Gasteiger partial charge in [0.15, 0.2) is 0 Å². The zero-order valence-electron chi connectivity index (χ0n) is 11.2. The van der Waals surface area contributed by atoms with E-state index in [0.29, 0.717) is 6.54 Å². The van der Waals surface area contributed by atoms with Crippen molar-refractivity contribution < 1.29 is 14.3 Å². The van der Waals surface area contributed by atoms with Crippen LogP contribution in [0.5, 0.6) is 0 Å². The van der Waals surface area contributed by atoms with Gasteiger partial charge >= 0.3 is 0 Å².